The molecule has 3 N–H and O–H groups in total. The second kappa shape index (κ2) is 3.15. The molecule has 1 atom stereocenters. The molecule has 0 fully saturated rings. The first kappa shape index (κ1) is 8.76. The van der Waals surface area contributed by atoms with Gasteiger partial charge < -0.3 is 15.3 Å². The SMILES string of the molecule is NC(Cc1cn2ccnc2o1)C(=O)O. The Labute approximate surface area is 79.0 Å². The molecule has 0 aliphatic rings. The number of nitrogens with two attached hydrogens (primary N) is 1. The van der Waals surface area contributed by atoms with E-state index in [1.165, 1.54) is 0 Å². The number of hydrogen-bond donors (Lipinski definition) is 2. The third-order valence-electron chi connectivity index (χ3n) is 1.88. The number of hydrogen-bond acceptors (Lipinski definition) is 4. The van der Waals surface area contributed by atoms with Crippen LogP contribution in [0.25, 0.3) is 5.84 Å². The highest BCUT2D eigenvalue weighted by molar-refractivity contribution is 5.73. The van der Waals surface area contributed by atoms with Gasteiger partial charge in [-0.25, -0.2) is 4.98 Å². The van der Waals surface area contributed by atoms with E-state index in [0.717, 1.165) is 0 Å². The first-order valence-corrected chi connectivity index (χ1v) is 4.06. The maximum absolute atomic E-state index is 10.5. The maximum Gasteiger partial charge on any atom is 0.320 e. The van der Waals surface area contributed by atoms with Crippen molar-refractivity contribution in [2.24, 2.45) is 5.73 Å². The Hall–Kier alpha value is -1.82. The molecule has 74 valence electrons. The number of carboxylic acids is 1. The van der Waals surface area contributed by atoms with Gasteiger partial charge in [0.2, 0.25) is 0 Å². The lowest BCUT2D eigenvalue weighted by Gasteiger charge is -2.01. The number of carboxylic acid groups (broad SMARTS) is 1. The molecule has 1 unspecified atom stereocenters. The molecule has 2 rings (SSSR count). The highest BCUT2D eigenvalue weighted by Crippen LogP contribution is 2.09. The fourth-order valence-electron chi connectivity index (χ4n) is 1.17. The molecule has 6 nitrogen and oxygen atoms in total. The van der Waals surface area contributed by atoms with Crippen molar-refractivity contribution in [1.82, 2.24) is 9.38 Å². The van der Waals surface area contributed by atoms with Crippen LogP contribution in [0.15, 0.2) is 23.0 Å². The van der Waals surface area contributed by atoms with Gasteiger partial charge >= 0.3 is 11.8 Å². The Balaban J connectivity index is 2.19. The molecule has 2 heterocycles. The number of carbonyl (C=O) groups is 1. The standard InChI is InChI=1S/C8H9N3O3/c9-6(7(12)13)3-5-4-11-2-1-10-8(11)14-5/h1-2,4,6H,3,9H2,(H,12,13). The van der Waals surface area contributed by atoms with Crippen LogP contribution in [0.4, 0.5) is 0 Å². The van der Waals surface area contributed by atoms with E-state index in [1.807, 2.05) is 0 Å². The number of aliphatic carboxylic acids is 1. The molecular formula is C8H9N3O3. The molecule has 0 bridgehead atoms. The maximum atomic E-state index is 10.5. The molecule has 0 saturated carbocycles. The van der Waals surface area contributed by atoms with Crippen LogP contribution >= 0.6 is 0 Å². The van der Waals surface area contributed by atoms with Gasteiger partial charge in [0.05, 0.1) is 6.20 Å². The number of nitrogens with zero attached hydrogens (tertiary/aromatic N) is 2. The van der Waals surface area contributed by atoms with Crippen LogP contribution in [0.3, 0.4) is 0 Å². The van der Waals surface area contributed by atoms with Gasteiger partial charge in [0.1, 0.15) is 11.8 Å². The number of fused-ring (bicyclic) bond motifs is 1. The van der Waals surface area contributed by atoms with Gasteiger partial charge in [0.15, 0.2) is 0 Å². The minimum Gasteiger partial charge on any atom is -0.480 e. The zero-order valence-corrected chi connectivity index (χ0v) is 7.25. The van der Waals surface area contributed by atoms with Gasteiger partial charge in [-0.1, -0.05) is 0 Å². The van der Waals surface area contributed by atoms with Gasteiger partial charge in [0, 0.05) is 18.8 Å². The summed E-state index contributed by atoms with van der Waals surface area (Å²) in [6.45, 7) is 0. The van der Waals surface area contributed by atoms with Crippen LogP contribution < -0.4 is 5.73 Å². The van der Waals surface area contributed by atoms with Gasteiger partial charge in [-0.15, -0.1) is 0 Å². The highest BCUT2D eigenvalue weighted by Gasteiger charge is 2.15. The predicted octanol–water partition coefficient (Wildman–Crippen LogP) is -0.118. The summed E-state index contributed by atoms with van der Waals surface area (Å²) >= 11 is 0. The average molecular weight is 195 g/mol. The van der Waals surface area contributed by atoms with Crippen LogP contribution in [0.1, 0.15) is 5.76 Å². The predicted molar refractivity (Wildman–Crippen MR) is 46.8 cm³/mol. The zero-order chi connectivity index (χ0) is 10.1. The van der Waals surface area contributed by atoms with E-state index in [0.29, 0.717) is 11.6 Å². The molecule has 2 aromatic heterocycles. The van der Waals surface area contributed by atoms with Gasteiger partial charge in [-0.3, -0.25) is 9.20 Å². The Kier molecular flexibility index (Phi) is 1.97. The van der Waals surface area contributed by atoms with E-state index in [4.69, 9.17) is 15.3 Å². The van der Waals surface area contributed by atoms with Crippen molar-refractivity contribution in [3.8, 4) is 0 Å². The number of imidazole rings is 1. The second-order valence-electron chi connectivity index (χ2n) is 2.96. The first-order chi connectivity index (χ1) is 6.66. The third-order valence-corrected chi connectivity index (χ3v) is 1.88. The van der Waals surface area contributed by atoms with Crippen LogP contribution in [0.5, 0.6) is 0 Å². The van der Waals surface area contributed by atoms with E-state index < -0.39 is 12.0 Å². The van der Waals surface area contributed by atoms with Crippen molar-refractivity contribution in [3.05, 3.63) is 24.4 Å². The number of aromatic nitrogens is 2. The molecule has 0 amide bonds. The highest BCUT2D eigenvalue weighted by atomic mass is 16.4. The Morgan fingerprint density at radius 2 is 2.57 bits per heavy atom. The summed E-state index contributed by atoms with van der Waals surface area (Å²) in [4.78, 5) is 14.4. The van der Waals surface area contributed by atoms with Crippen molar-refractivity contribution in [3.63, 3.8) is 0 Å². The lowest BCUT2D eigenvalue weighted by atomic mass is 10.2. The smallest absolute Gasteiger partial charge is 0.320 e. The van der Waals surface area contributed by atoms with Crippen LogP contribution in [0.2, 0.25) is 0 Å². The summed E-state index contributed by atoms with van der Waals surface area (Å²) in [6, 6.07) is -0.939. The normalized spacial score (nSPS) is 13.2. The Bertz CT molecular complexity index is 431. The molecular weight excluding hydrogens is 186 g/mol. The largest absolute Gasteiger partial charge is 0.480 e. The van der Waals surface area contributed by atoms with Gasteiger partial charge in [-0.05, 0) is 0 Å². The fraction of sp³-hybridized carbons (Fsp3) is 0.250. The molecule has 0 aliphatic heterocycles. The lowest BCUT2D eigenvalue weighted by Crippen LogP contribution is -2.32. The van der Waals surface area contributed by atoms with Crippen molar-refractivity contribution >= 4 is 11.8 Å². The Morgan fingerprint density at radius 3 is 3.21 bits per heavy atom. The second-order valence-corrected chi connectivity index (χ2v) is 2.96. The van der Waals surface area contributed by atoms with Crippen molar-refractivity contribution in [2.45, 2.75) is 12.5 Å². The molecule has 0 saturated heterocycles. The molecule has 6 heteroatoms. The first-order valence-electron chi connectivity index (χ1n) is 4.06. The molecule has 0 aliphatic carbocycles. The summed E-state index contributed by atoms with van der Waals surface area (Å²) in [6.07, 6.45) is 5.15. The zero-order valence-electron chi connectivity index (χ0n) is 7.25. The van der Waals surface area contributed by atoms with E-state index in [1.54, 1.807) is 23.0 Å². The fourth-order valence-corrected chi connectivity index (χ4v) is 1.17. The van der Waals surface area contributed by atoms with Crippen LogP contribution in [-0.2, 0) is 11.2 Å². The summed E-state index contributed by atoms with van der Waals surface area (Å²) in [5, 5.41) is 8.58. The minimum atomic E-state index is -1.04. The molecule has 14 heavy (non-hydrogen) atoms. The summed E-state index contributed by atoms with van der Waals surface area (Å²) in [7, 11) is 0. The van der Waals surface area contributed by atoms with E-state index in [2.05, 4.69) is 4.98 Å². The number of oxazole rings is 1. The van der Waals surface area contributed by atoms with Gasteiger partial charge in [0.25, 0.3) is 0 Å². The lowest BCUT2D eigenvalue weighted by molar-refractivity contribution is -0.138. The van der Waals surface area contributed by atoms with Crippen molar-refractivity contribution in [1.29, 1.82) is 0 Å². The van der Waals surface area contributed by atoms with Crippen LogP contribution in [0, 0.1) is 0 Å². The minimum absolute atomic E-state index is 0.165. The van der Waals surface area contributed by atoms with Crippen LogP contribution in [-0.4, -0.2) is 26.5 Å². The van der Waals surface area contributed by atoms with Gasteiger partial charge in [-0.2, -0.15) is 0 Å². The summed E-state index contributed by atoms with van der Waals surface area (Å²) < 4.78 is 6.91. The number of rotatable bonds is 3. The Morgan fingerprint density at radius 1 is 1.79 bits per heavy atom. The van der Waals surface area contributed by atoms with E-state index >= 15 is 0 Å². The molecule has 0 radical (unpaired) electrons. The quantitative estimate of drug-likeness (QED) is 0.712. The third kappa shape index (κ3) is 1.47. The summed E-state index contributed by atoms with van der Waals surface area (Å²) in [5.74, 6) is -0.0837. The summed E-state index contributed by atoms with van der Waals surface area (Å²) in [5.41, 5.74) is 5.35. The molecule has 0 aromatic carbocycles. The van der Waals surface area contributed by atoms with Crippen molar-refractivity contribution < 1.29 is 14.3 Å². The molecule has 2 aromatic rings. The average Bonchev–Trinajstić information content (AvgIpc) is 2.63. The van der Waals surface area contributed by atoms with Crippen molar-refractivity contribution in [2.75, 3.05) is 0 Å². The monoisotopic (exact) mass is 195 g/mol. The van der Waals surface area contributed by atoms with E-state index in [-0.39, 0.29) is 6.42 Å². The topological polar surface area (TPSA) is 93.8 Å². The molecule has 0 spiro atoms. The van der Waals surface area contributed by atoms with E-state index in [9.17, 15) is 4.79 Å².